The maximum absolute atomic E-state index is 11.6. The van der Waals surface area contributed by atoms with Gasteiger partial charge in [-0.15, -0.1) is 11.3 Å². The lowest BCUT2D eigenvalue weighted by Crippen LogP contribution is -2.46. The summed E-state index contributed by atoms with van der Waals surface area (Å²) in [6.45, 7) is 6.43. The zero-order valence-corrected chi connectivity index (χ0v) is 14.5. The minimum absolute atomic E-state index is 0.0192. The molecular weight excluding hydrogens is 300 g/mol. The van der Waals surface area contributed by atoms with Gasteiger partial charge >= 0.3 is 5.97 Å². The van der Waals surface area contributed by atoms with Crippen molar-refractivity contribution in [2.75, 3.05) is 27.2 Å². The van der Waals surface area contributed by atoms with E-state index in [9.17, 15) is 4.79 Å². The van der Waals surface area contributed by atoms with Gasteiger partial charge in [-0.3, -0.25) is 9.79 Å². The second-order valence-corrected chi connectivity index (χ2v) is 6.71. The van der Waals surface area contributed by atoms with Gasteiger partial charge in [0.1, 0.15) is 0 Å². The highest BCUT2D eigenvalue weighted by molar-refractivity contribution is 7.11. The molecule has 1 aromatic rings. The van der Waals surface area contributed by atoms with E-state index in [1.165, 1.54) is 12.0 Å². The van der Waals surface area contributed by atoms with Crippen LogP contribution in [0.4, 0.5) is 0 Å². The van der Waals surface area contributed by atoms with E-state index in [0.29, 0.717) is 0 Å². The average molecular weight is 324 g/mol. The smallest absolute Gasteiger partial charge is 0.308 e. The summed E-state index contributed by atoms with van der Waals surface area (Å²) in [6.07, 6.45) is 1.62. The molecule has 1 N–H and O–H groups in total. The number of hydrogen-bond donors (Lipinski definition) is 1. The molecule has 0 atom stereocenters. The number of aliphatic imine (C=N–C) groups is 1. The van der Waals surface area contributed by atoms with Crippen LogP contribution in [0.2, 0.25) is 0 Å². The highest BCUT2D eigenvalue weighted by atomic mass is 32.1. The van der Waals surface area contributed by atoms with Crippen molar-refractivity contribution in [3.05, 3.63) is 15.6 Å². The number of carbonyl (C=O) groups excluding carboxylic acids is 1. The molecule has 1 aromatic heterocycles. The van der Waals surface area contributed by atoms with E-state index in [1.807, 2.05) is 13.8 Å². The molecule has 22 heavy (non-hydrogen) atoms. The first kappa shape index (κ1) is 16.7. The fourth-order valence-corrected chi connectivity index (χ4v) is 3.60. The molecule has 1 aliphatic heterocycles. The summed E-state index contributed by atoms with van der Waals surface area (Å²) in [5.74, 6) is 0.804. The predicted octanol–water partition coefficient (Wildman–Crippen LogP) is 1.72. The van der Waals surface area contributed by atoms with Gasteiger partial charge in [0.15, 0.2) is 5.96 Å². The van der Waals surface area contributed by atoms with Gasteiger partial charge in [-0.05, 0) is 26.7 Å². The van der Waals surface area contributed by atoms with Gasteiger partial charge in [-0.1, -0.05) is 0 Å². The number of aryl methyl sites for hydroxylation is 2. The number of piperidine rings is 1. The Morgan fingerprint density at radius 2 is 2.14 bits per heavy atom. The van der Waals surface area contributed by atoms with E-state index < -0.39 is 0 Å². The molecule has 2 rings (SSSR count). The fraction of sp³-hybridized carbons (Fsp3) is 0.667. The molecule has 6 nitrogen and oxygen atoms in total. The number of esters is 1. The number of nitrogens with one attached hydrogen (secondary N) is 1. The Morgan fingerprint density at radius 3 is 2.64 bits per heavy atom. The molecule has 1 saturated heterocycles. The number of rotatable bonds is 3. The standard InChI is InChI=1S/C15H24N4O2S/c1-10-13(22-11(2)18-10)9-17-15(16-3)19-7-5-12(6-8-19)14(20)21-4/h12H,5-9H2,1-4H3,(H,16,17). The third kappa shape index (κ3) is 3.97. The molecule has 0 aliphatic carbocycles. The quantitative estimate of drug-likeness (QED) is 0.521. The van der Waals surface area contributed by atoms with E-state index in [1.54, 1.807) is 18.4 Å². The Bertz CT molecular complexity index is 548. The molecule has 0 amide bonds. The largest absolute Gasteiger partial charge is 0.469 e. The Balaban J connectivity index is 1.88. The van der Waals surface area contributed by atoms with Gasteiger partial charge in [0.05, 0.1) is 30.3 Å². The number of ether oxygens (including phenoxy) is 1. The number of guanidine groups is 1. The number of methoxy groups -OCH3 is 1. The summed E-state index contributed by atoms with van der Waals surface area (Å²) in [5, 5.41) is 4.48. The number of likely N-dealkylation sites (tertiary alicyclic amines) is 1. The number of thiazole rings is 1. The van der Waals surface area contributed by atoms with E-state index in [4.69, 9.17) is 4.74 Å². The van der Waals surface area contributed by atoms with Crippen LogP contribution in [0.25, 0.3) is 0 Å². The summed E-state index contributed by atoms with van der Waals surface area (Å²) in [5.41, 5.74) is 1.08. The Morgan fingerprint density at radius 1 is 1.45 bits per heavy atom. The monoisotopic (exact) mass is 324 g/mol. The van der Waals surface area contributed by atoms with Crippen molar-refractivity contribution in [1.29, 1.82) is 0 Å². The Labute approximate surface area is 135 Å². The molecule has 0 radical (unpaired) electrons. The van der Waals surface area contributed by atoms with E-state index in [2.05, 4.69) is 20.2 Å². The fourth-order valence-electron chi connectivity index (χ4n) is 2.72. The molecule has 122 valence electrons. The Hall–Kier alpha value is -1.63. The highest BCUT2D eigenvalue weighted by Gasteiger charge is 2.26. The normalized spacial score (nSPS) is 16.7. The maximum atomic E-state index is 11.6. The van der Waals surface area contributed by atoms with Crippen molar-refractivity contribution in [3.63, 3.8) is 0 Å². The lowest BCUT2D eigenvalue weighted by Gasteiger charge is -2.33. The van der Waals surface area contributed by atoms with Crippen LogP contribution in [-0.4, -0.2) is 49.1 Å². The van der Waals surface area contributed by atoms with E-state index >= 15 is 0 Å². The minimum atomic E-state index is -0.0987. The third-order valence-electron chi connectivity index (χ3n) is 3.95. The first-order valence-electron chi connectivity index (χ1n) is 7.51. The summed E-state index contributed by atoms with van der Waals surface area (Å²) >= 11 is 1.71. The van der Waals surface area contributed by atoms with Gasteiger partial charge in [0.2, 0.25) is 0 Å². The first-order chi connectivity index (χ1) is 10.5. The van der Waals surface area contributed by atoms with Crippen LogP contribution in [0.15, 0.2) is 4.99 Å². The molecule has 0 saturated carbocycles. The number of aromatic nitrogens is 1. The van der Waals surface area contributed by atoms with Crippen LogP contribution in [0.1, 0.15) is 28.4 Å². The van der Waals surface area contributed by atoms with Crippen LogP contribution in [-0.2, 0) is 16.1 Å². The number of hydrogen-bond acceptors (Lipinski definition) is 5. The summed E-state index contributed by atoms with van der Waals surface area (Å²) in [4.78, 5) is 23.8. The lowest BCUT2D eigenvalue weighted by atomic mass is 9.97. The molecule has 1 fully saturated rings. The molecule has 1 aliphatic rings. The summed E-state index contributed by atoms with van der Waals surface area (Å²) in [7, 11) is 3.24. The van der Waals surface area contributed by atoms with Crippen LogP contribution in [0.3, 0.4) is 0 Å². The van der Waals surface area contributed by atoms with Crippen molar-refractivity contribution in [2.45, 2.75) is 33.2 Å². The van der Waals surface area contributed by atoms with E-state index in [-0.39, 0.29) is 11.9 Å². The molecule has 0 unspecified atom stereocenters. The van der Waals surface area contributed by atoms with Gasteiger partial charge in [0, 0.05) is 25.0 Å². The molecule has 2 heterocycles. The van der Waals surface area contributed by atoms with Crippen molar-refractivity contribution in [1.82, 2.24) is 15.2 Å². The van der Waals surface area contributed by atoms with Crippen molar-refractivity contribution >= 4 is 23.3 Å². The predicted molar refractivity (Wildman–Crippen MR) is 88.1 cm³/mol. The second-order valence-electron chi connectivity index (χ2n) is 5.43. The van der Waals surface area contributed by atoms with Crippen LogP contribution in [0, 0.1) is 19.8 Å². The number of nitrogens with zero attached hydrogens (tertiary/aromatic N) is 3. The average Bonchev–Trinajstić information content (AvgIpc) is 2.85. The van der Waals surface area contributed by atoms with Crippen molar-refractivity contribution in [2.24, 2.45) is 10.9 Å². The number of carbonyl (C=O) groups is 1. The zero-order chi connectivity index (χ0) is 16.1. The first-order valence-corrected chi connectivity index (χ1v) is 8.33. The molecule has 0 spiro atoms. The topological polar surface area (TPSA) is 66.8 Å². The molecular formula is C15H24N4O2S. The van der Waals surface area contributed by atoms with Gasteiger partial charge in [-0.25, -0.2) is 4.98 Å². The van der Waals surface area contributed by atoms with Crippen molar-refractivity contribution < 1.29 is 9.53 Å². The van der Waals surface area contributed by atoms with Gasteiger partial charge < -0.3 is 15.0 Å². The summed E-state index contributed by atoms with van der Waals surface area (Å²) < 4.78 is 4.82. The van der Waals surface area contributed by atoms with Crippen LogP contribution >= 0.6 is 11.3 Å². The minimum Gasteiger partial charge on any atom is -0.469 e. The summed E-state index contributed by atoms with van der Waals surface area (Å²) in [6, 6.07) is 0. The zero-order valence-electron chi connectivity index (χ0n) is 13.7. The molecule has 0 aromatic carbocycles. The SMILES string of the molecule is CN=C(NCc1sc(C)nc1C)N1CCC(C(=O)OC)CC1. The van der Waals surface area contributed by atoms with Crippen molar-refractivity contribution in [3.8, 4) is 0 Å². The lowest BCUT2D eigenvalue weighted by molar-refractivity contribution is -0.146. The molecule has 0 bridgehead atoms. The molecule has 7 heteroatoms. The Kier molecular flexibility index (Phi) is 5.76. The second kappa shape index (κ2) is 7.58. The van der Waals surface area contributed by atoms with Crippen LogP contribution < -0.4 is 5.32 Å². The highest BCUT2D eigenvalue weighted by Crippen LogP contribution is 2.19. The van der Waals surface area contributed by atoms with Gasteiger partial charge in [-0.2, -0.15) is 0 Å². The van der Waals surface area contributed by atoms with E-state index in [0.717, 1.165) is 49.1 Å². The third-order valence-corrected chi connectivity index (χ3v) is 5.02. The van der Waals surface area contributed by atoms with Crippen LogP contribution in [0.5, 0.6) is 0 Å². The van der Waals surface area contributed by atoms with Gasteiger partial charge in [0.25, 0.3) is 0 Å². The maximum Gasteiger partial charge on any atom is 0.308 e.